The van der Waals surface area contributed by atoms with E-state index in [1.807, 2.05) is 18.2 Å². The molecule has 1 unspecified atom stereocenters. The normalized spacial score (nSPS) is 21.0. The van der Waals surface area contributed by atoms with Crippen molar-refractivity contribution in [2.75, 3.05) is 43.2 Å². The fourth-order valence-corrected chi connectivity index (χ4v) is 4.60. The number of amides is 3. The van der Waals surface area contributed by atoms with Crippen LogP contribution in [-0.4, -0.2) is 66.5 Å². The summed E-state index contributed by atoms with van der Waals surface area (Å²) in [6, 6.07) is 12.3. The highest BCUT2D eigenvalue weighted by molar-refractivity contribution is 6.22. The lowest BCUT2D eigenvalue weighted by Gasteiger charge is -2.37. The Hall–Kier alpha value is -3.43. The third-order valence-electron chi connectivity index (χ3n) is 6.26. The average Bonchev–Trinajstić information content (AvgIpc) is 3.38. The van der Waals surface area contributed by atoms with Gasteiger partial charge in [-0.2, -0.15) is 0 Å². The zero-order valence-electron chi connectivity index (χ0n) is 18.5. The summed E-state index contributed by atoms with van der Waals surface area (Å²) in [5, 5.41) is 2.69. The molecule has 0 aliphatic carbocycles. The zero-order chi connectivity index (χ0) is 22.9. The van der Waals surface area contributed by atoms with E-state index in [2.05, 4.69) is 15.1 Å². The van der Waals surface area contributed by atoms with Crippen LogP contribution in [0.2, 0.25) is 0 Å². The first-order valence-corrected chi connectivity index (χ1v) is 11.1. The van der Waals surface area contributed by atoms with E-state index in [1.54, 1.807) is 24.3 Å². The number of piperazine rings is 1. The largest absolute Gasteiger partial charge is 0.454 e. The molecule has 3 aliphatic heterocycles. The van der Waals surface area contributed by atoms with Gasteiger partial charge in [0.15, 0.2) is 11.5 Å². The van der Waals surface area contributed by atoms with E-state index in [0.29, 0.717) is 11.4 Å². The molecule has 0 bridgehead atoms. The minimum Gasteiger partial charge on any atom is -0.454 e. The molecule has 0 radical (unpaired) electrons. The number of nitrogens with one attached hydrogen (secondary N) is 1. The van der Waals surface area contributed by atoms with Gasteiger partial charge in [0.25, 0.3) is 5.91 Å². The Morgan fingerprint density at radius 1 is 1.00 bits per heavy atom. The molecule has 5 rings (SSSR count). The molecule has 2 aromatic carbocycles. The molecule has 9 nitrogen and oxygen atoms in total. The Labute approximate surface area is 191 Å². The van der Waals surface area contributed by atoms with Crippen LogP contribution in [0.5, 0.6) is 11.5 Å². The lowest BCUT2D eigenvalue weighted by Crippen LogP contribution is -2.52. The first-order chi connectivity index (χ1) is 16.0. The summed E-state index contributed by atoms with van der Waals surface area (Å²) in [6.07, 6.45) is 0.189. The highest BCUT2D eigenvalue weighted by Crippen LogP contribution is 2.33. The molecule has 2 fully saturated rings. The highest BCUT2D eigenvalue weighted by atomic mass is 16.7. The summed E-state index contributed by atoms with van der Waals surface area (Å²) in [4.78, 5) is 42.7. The number of ether oxygens (including phenoxy) is 2. The number of hydrogen-bond donors (Lipinski definition) is 1. The van der Waals surface area contributed by atoms with Gasteiger partial charge in [-0.15, -0.1) is 0 Å². The number of carbonyl (C=O) groups excluding carboxylic acids is 3. The number of imide groups is 1. The molecule has 0 saturated carbocycles. The maximum atomic E-state index is 13.1. The number of nitrogens with zero attached hydrogens (tertiary/aromatic N) is 3. The van der Waals surface area contributed by atoms with Gasteiger partial charge >= 0.3 is 0 Å². The van der Waals surface area contributed by atoms with Gasteiger partial charge in [0, 0.05) is 45.3 Å². The fraction of sp³-hybridized carbons (Fsp3) is 0.375. The quantitative estimate of drug-likeness (QED) is 0.695. The van der Waals surface area contributed by atoms with Gasteiger partial charge in [-0.3, -0.25) is 24.2 Å². The van der Waals surface area contributed by atoms with E-state index in [4.69, 9.17) is 9.47 Å². The smallest absolute Gasteiger partial charge is 0.251 e. The van der Waals surface area contributed by atoms with Crippen molar-refractivity contribution in [2.45, 2.75) is 25.9 Å². The Kier molecular flexibility index (Phi) is 5.74. The molecule has 172 valence electrons. The van der Waals surface area contributed by atoms with Crippen molar-refractivity contribution < 1.29 is 23.9 Å². The number of benzene rings is 2. The van der Waals surface area contributed by atoms with E-state index in [1.165, 1.54) is 11.8 Å². The first-order valence-electron chi connectivity index (χ1n) is 11.1. The predicted octanol–water partition coefficient (Wildman–Crippen LogP) is 1.82. The van der Waals surface area contributed by atoms with E-state index < -0.39 is 6.04 Å². The third-order valence-corrected chi connectivity index (χ3v) is 6.26. The van der Waals surface area contributed by atoms with Crippen molar-refractivity contribution in [2.24, 2.45) is 0 Å². The van der Waals surface area contributed by atoms with Gasteiger partial charge in [0.05, 0.1) is 18.2 Å². The average molecular weight is 450 g/mol. The molecule has 3 amide bonds. The second-order valence-electron chi connectivity index (χ2n) is 8.52. The number of fused-ring (bicyclic) bond motifs is 1. The second kappa shape index (κ2) is 8.84. The summed E-state index contributed by atoms with van der Waals surface area (Å²) in [5.41, 5.74) is 2.32. The van der Waals surface area contributed by atoms with Gasteiger partial charge in [0.2, 0.25) is 18.6 Å². The molecule has 3 aliphatic rings. The molecule has 0 aromatic heterocycles. The molecular weight excluding hydrogens is 424 g/mol. The lowest BCUT2D eigenvalue weighted by molar-refractivity contribution is -0.123. The van der Waals surface area contributed by atoms with Gasteiger partial charge in [0.1, 0.15) is 0 Å². The molecule has 2 saturated heterocycles. The van der Waals surface area contributed by atoms with Crippen molar-refractivity contribution >= 4 is 29.1 Å². The van der Waals surface area contributed by atoms with E-state index in [9.17, 15) is 14.4 Å². The molecule has 33 heavy (non-hydrogen) atoms. The maximum absolute atomic E-state index is 13.1. The van der Waals surface area contributed by atoms with E-state index >= 15 is 0 Å². The summed E-state index contributed by atoms with van der Waals surface area (Å²) in [6.45, 7) is 5.58. The SMILES string of the molecule is CC(=O)Nc1ccc(N2C(=O)CC(N3CCN(Cc4ccc5c(c4)OCO5)CC3)C2=O)cc1. The van der Waals surface area contributed by atoms with Crippen molar-refractivity contribution in [3.63, 3.8) is 0 Å². The van der Waals surface area contributed by atoms with Crippen LogP contribution in [0.15, 0.2) is 42.5 Å². The van der Waals surface area contributed by atoms with Crippen molar-refractivity contribution in [1.82, 2.24) is 9.80 Å². The second-order valence-corrected chi connectivity index (χ2v) is 8.52. The van der Waals surface area contributed by atoms with Gasteiger partial charge in [-0.25, -0.2) is 4.90 Å². The maximum Gasteiger partial charge on any atom is 0.251 e. The summed E-state index contributed by atoms with van der Waals surface area (Å²) in [7, 11) is 0. The third kappa shape index (κ3) is 4.42. The van der Waals surface area contributed by atoms with Crippen LogP contribution in [0.3, 0.4) is 0 Å². The van der Waals surface area contributed by atoms with Gasteiger partial charge in [-0.1, -0.05) is 6.07 Å². The van der Waals surface area contributed by atoms with Crippen LogP contribution in [-0.2, 0) is 20.9 Å². The number of carbonyl (C=O) groups is 3. The van der Waals surface area contributed by atoms with Crippen LogP contribution >= 0.6 is 0 Å². The topological polar surface area (TPSA) is 91.4 Å². The minimum atomic E-state index is -0.430. The van der Waals surface area contributed by atoms with E-state index in [-0.39, 0.29) is 30.9 Å². The molecule has 1 N–H and O–H groups in total. The van der Waals surface area contributed by atoms with Crippen LogP contribution in [0, 0.1) is 0 Å². The van der Waals surface area contributed by atoms with Crippen LogP contribution in [0.25, 0.3) is 0 Å². The Balaban J connectivity index is 1.18. The summed E-state index contributed by atoms with van der Waals surface area (Å²) in [5.74, 6) is 1.01. The first kappa shape index (κ1) is 21.4. The molecule has 2 aromatic rings. The van der Waals surface area contributed by atoms with Gasteiger partial charge < -0.3 is 14.8 Å². The molecule has 0 spiro atoms. The standard InChI is InChI=1S/C24H26N4O5/c1-16(29)25-18-3-5-19(6-4-18)28-23(30)13-20(24(28)31)27-10-8-26(9-11-27)14-17-2-7-21-22(12-17)33-15-32-21/h2-7,12,20H,8-11,13-15H2,1H3,(H,25,29). The van der Waals surface area contributed by atoms with Crippen molar-refractivity contribution in [3.8, 4) is 11.5 Å². The fourth-order valence-electron chi connectivity index (χ4n) is 4.60. The summed E-state index contributed by atoms with van der Waals surface area (Å²) < 4.78 is 10.8. The van der Waals surface area contributed by atoms with Crippen molar-refractivity contribution in [1.29, 1.82) is 0 Å². The Morgan fingerprint density at radius 3 is 2.45 bits per heavy atom. The molecular formula is C24H26N4O5. The van der Waals surface area contributed by atoms with Gasteiger partial charge in [-0.05, 0) is 42.0 Å². The zero-order valence-corrected chi connectivity index (χ0v) is 18.5. The number of rotatable bonds is 5. The minimum absolute atomic E-state index is 0.172. The summed E-state index contributed by atoms with van der Waals surface area (Å²) >= 11 is 0. The molecule has 3 heterocycles. The Morgan fingerprint density at radius 2 is 1.73 bits per heavy atom. The van der Waals surface area contributed by atoms with Crippen LogP contribution in [0.4, 0.5) is 11.4 Å². The lowest BCUT2D eigenvalue weighted by atomic mass is 10.1. The van der Waals surface area contributed by atoms with Crippen LogP contribution in [0.1, 0.15) is 18.9 Å². The molecule has 1 atom stereocenters. The Bertz CT molecular complexity index is 1080. The van der Waals surface area contributed by atoms with E-state index in [0.717, 1.165) is 49.8 Å². The highest BCUT2D eigenvalue weighted by Gasteiger charge is 2.43. The number of hydrogen-bond acceptors (Lipinski definition) is 7. The monoisotopic (exact) mass is 450 g/mol. The predicted molar refractivity (Wildman–Crippen MR) is 121 cm³/mol. The number of anilines is 2. The van der Waals surface area contributed by atoms with Crippen LogP contribution < -0.4 is 19.7 Å². The van der Waals surface area contributed by atoms with Crippen molar-refractivity contribution in [3.05, 3.63) is 48.0 Å². The molecule has 9 heteroatoms.